The van der Waals surface area contributed by atoms with Gasteiger partial charge in [-0.15, -0.1) is 0 Å². The quantitative estimate of drug-likeness (QED) is 0.729. The second-order valence-electron chi connectivity index (χ2n) is 4.77. The van der Waals surface area contributed by atoms with Crippen LogP contribution in [0.1, 0.15) is 11.1 Å². The van der Waals surface area contributed by atoms with Crippen molar-refractivity contribution in [2.75, 3.05) is 0 Å². The van der Waals surface area contributed by atoms with Crippen LogP contribution in [0.4, 0.5) is 22.0 Å². The summed E-state index contributed by atoms with van der Waals surface area (Å²) in [5.74, 6) is -1.72. The molecule has 0 saturated heterocycles. The van der Waals surface area contributed by atoms with Gasteiger partial charge in [0, 0.05) is 18.1 Å². The maximum absolute atomic E-state index is 13.4. The third-order valence-electron chi connectivity index (χ3n) is 3.08. The highest BCUT2D eigenvalue weighted by molar-refractivity contribution is 5.18. The first kappa shape index (κ1) is 16.4. The molecule has 6 heteroatoms. The molecule has 0 spiro atoms. The van der Waals surface area contributed by atoms with Gasteiger partial charge in [-0.1, -0.05) is 36.4 Å². The maximum atomic E-state index is 13.4. The van der Waals surface area contributed by atoms with Crippen molar-refractivity contribution in [2.45, 2.75) is 25.3 Å². The fourth-order valence-electron chi connectivity index (χ4n) is 1.93. The fraction of sp³-hybridized carbons (Fsp3) is 0.250. The van der Waals surface area contributed by atoms with E-state index < -0.39 is 30.5 Å². The predicted molar refractivity (Wildman–Crippen MR) is 71.1 cm³/mol. The second-order valence-corrected chi connectivity index (χ2v) is 4.77. The van der Waals surface area contributed by atoms with Gasteiger partial charge in [0.15, 0.2) is 6.10 Å². The third-order valence-corrected chi connectivity index (χ3v) is 3.08. The van der Waals surface area contributed by atoms with E-state index in [2.05, 4.69) is 0 Å². The summed E-state index contributed by atoms with van der Waals surface area (Å²) in [4.78, 5) is 0. The Kier molecular flexibility index (Phi) is 5.13. The van der Waals surface area contributed by atoms with Crippen molar-refractivity contribution in [2.24, 2.45) is 0 Å². The lowest BCUT2D eigenvalue weighted by atomic mass is 10.1. The minimum atomic E-state index is -4.58. The molecule has 2 aromatic rings. The van der Waals surface area contributed by atoms with Crippen LogP contribution in [-0.2, 0) is 17.8 Å². The molecule has 1 atom stereocenters. The Hall–Kier alpha value is -1.95. The molecule has 0 aromatic heterocycles. The molecule has 0 heterocycles. The Morgan fingerprint density at radius 2 is 1.64 bits per heavy atom. The smallest absolute Gasteiger partial charge is 0.364 e. The van der Waals surface area contributed by atoms with Crippen LogP contribution in [0.5, 0.6) is 0 Å². The summed E-state index contributed by atoms with van der Waals surface area (Å²) in [6.45, 7) is -0.580. The first-order valence-corrected chi connectivity index (χ1v) is 6.52. The van der Waals surface area contributed by atoms with Gasteiger partial charge in [0.2, 0.25) is 0 Å². The zero-order valence-electron chi connectivity index (χ0n) is 11.4. The van der Waals surface area contributed by atoms with Crippen molar-refractivity contribution in [1.82, 2.24) is 0 Å². The summed E-state index contributed by atoms with van der Waals surface area (Å²) in [5.41, 5.74) is 0.341. The van der Waals surface area contributed by atoms with Crippen molar-refractivity contribution in [1.29, 1.82) is 0 Å². The Labute approximate surface area is 124 Å². The summed E-state index contributed by atoms with van der Waals surface area (Å²) in [6, 6.07) is 10.7. The zero-order valence-corrected chi connectivity index (χ0v) is 11.4. The molecule has 2 rings (SSSR count). The van der Waals surface area contributed by atoms with E-state index in [1.54, 1.807) is 30.3 Å². The Morgan fingerprint density at radius 1 is 0.955 bits per heavy atom. The van der Waals surface area contributed by atoms with E-state index in [1.807, 2.05) is 0 Å². The summed E-state index contributed by atoms with van der Waals surface area (Å²) < 4.78 is 70.0. The van der Waals surface area contributed by atoms with E-state index in [1.165, 1.54) is 0 Å². The molecule has 0 aliphatic carbocycles. The fourth-order valence-corrected chi connectivity index (χ4v) is 1.93. The Bertz CT molecular complexity index is 610. The Balaban J connectivity index is 2.07. The summed E-state index contributed by atoms with van der Waals surface area (Å²) in [6.07, 6.45) is -7.00. The first-order chi connectivity index (χ1) is 10.4. The highest BCUT2D eigenvalue weighted by atomic mass is 19.4. The number of alkyl halides is 3. The molecule has 0 radical (unpaired) electrons. The molecule has 0 fully saturated rings. The van der Waals surface area contributed by atoms with Crippen LogP contribution in [0.25, 0.3) is 0 Å². The lowest BCUT2D eigenvalue weighted by Gasteiger charge is -2.21. The third kappa shape index (κ3) is 4.53. The van der Waals surface area contributed by atoms with Gasteiger partial charge < -0.3 is 4.74 Å². The summed E-state index contributed by atoms with van der Waals surface area (Å²) >= 11 is 0. The van der Waals surface area contributed by atoms with E-state index in [0.29, 0.717) is 11.6 Å². The molecule has 1 nitrogen and oxygen atoms in total. The van der Waals surface area contributed by atoms with Crippen LogP contribution in [0, 0.1) is 11.6 Å². The van der Waals surface area contributed by atoms with Gasteiger partial charge in [-0.2, -0.15) is 13.2 Å². The van der Waals surface area contributed by atoms with Crippen molar-refractivity contribution >= 4 is 0 Å². The molecule has 22 heavy (non-hydrogen) atoms. The van der Waals surface area contributed by atoms with E-state index in [4.69, 9.17) is 4.74 Å². The number of hydrogen-bond acceptors (Lipinski definition) is 1. The molecular formula is C16H13F5O. The van der Waals surface area contributed by atoms with E-state index >= 15 is 0 Å². The van der Waals surface area contributed by atoms with Crippen LogP contribution in [-0.4, -0.2) is 12.3 Å². The molecule has 0 saturated carbocycles. The Morgan fingerprint density at radius 3 is 2.23 bits per heavy atom. The van der Waals surface area contributed by atoms with Gasteiger partial charge in [0.05, 0.1) is 6.61 Å². The average molecular weight is 316 g/mol. The highest BCUT2D eigenvalue weighted by Crippen LogP contribution is 2.27. The highest BCUT2D eigenvalue weighted by Gasteiger charge is 2.40. The minimum Gasteiger partial charge on any atom is -0.364 e. The number of rotatable bonds is 5. The number of benzene rings is 2. The van der Waals surface area contributed by atoms with Crippen molar-refractivity contribution in [3.8, 4) is 0 Å². The summed E-state index contributed by atoms with van der Waals surface area (Å²) in [7, 11) is 0. The molecule has 0 N–H and O–H groups in total. The molecule has 0 aliphatic rings. The van der Waals surface area contributed by atoms with Crippen molar-refractivity contribution < 1.29 is 26.7 Å². The standard InChI is InChI=1S/C16H13F5O/c17-13-7-6-12(14(18)9-13)10-22-15(16(19,20)21)8-11-4-2-1-3-5-11/h1-7,9,15H,8,10H2/t15-/m0/s1. The number of halogens is 5. The van der Waals surface area contributed by atoms with Crippen LogP contribution in [0.2, 0.25) is 0 Å². The molecule has 0 unspecified atom stereocenters. The molecule has 0 amide bonds. The first-order valence-electron chi connectivity index (χ1n) is 6.52. The van der Waals surface area contributed by atoms with Crippen LogP contribution in [0.15, 0.2) is 48.5 Å². The number of hydrogen-bond donors (Lipinski definition) is 0. The minimum absolute atomic E-state index is 0.122. The topological polar surface area (TPSA) is 9.23 Å². The van der Waals surface area contributed by atoms with Crippen LogP contribution in [0.3, 0.4) is 0 Å². The lowest BCUT2D eigenvalue weighted by molar-refractivity contribution is -0.223. The van der Waals surface area contributed by atoms with Crippen LogP contribution < -0.4 is 0 Å². The number of ether oxygens (including phenoxy) is 1. The molecule has 0 bridgehead atoms. The van der Waals surface area contributed by atoms with Crippen molar-refractivity contribution in [3.05, 3.63) is 71.3 Å². The van der Waals surface area contributed by atoms with Gasteiger partial charge in [-0.3, -0.25) is 0 Å². The van der Waals surface area contributed by atoms with Gasteiger partial charge in [0.1, 0.15) is 11.6 Å². The lowest BCUT2D eigenvalue weighted by Crippen LogP contribution is -2.33. The van der Waals surface area contributed by atoms with Gasteiger partial charge >= 0.3 is 6.18 Å². The van der Waals surface area contributed by atoms with E-state index in [9.17, 15) is 22.0 Å². The van der Waals surface area contributed by atoms with Gasteiger partial charge in [-0.05, 0) is 11.6 Å². The van der Waals surface area contributed by atoms with Crippen molar-refractivity contribution in [3.63, 3.8) is 0 Å². The monoisotopic (exact) mass is 316 g/mol. The predicted octanol–water partition coefficient (Wildman–Crippen LogP) is 4.66. The normalized spacial score (nSPS) is 13.1. The second kappa shape index (κ2) is 6.87. The SMILES string of the molecule is Fc1ccc(CO[C@@H](Cc2ccccc2)C(F)(F)F)c(F)c1. The van der Waals surface area contributed by atoms with Gasteiger partial charge in [-0.25, -0.2) is 8.78 Å². The average Bonchev–Trinajstić information content (AvgIpc) is 2.45. The molecule has 0 aliphatic heterocycles. The van der Waals surface area contributed by atoms with E-state index in [-0.39, 0.29) is 12.0 Å². The summed E-state index contributed by atoms with van der Waals surface area (Å²) in [5, 5.41) is 0. The zero-order chi connectivity index (χ0) is 16.2. The maximum Gasteiger partial charge on any atom is 0.414 e. The molecule has 118 valence electrons. The van der Waals surface area contributed by atoms with E-state index in [0.717, 1.165) is 12.1 Å². The van der Waals surface area contributed by atoms with Crippen LogP contribution >= 0.6 is 0 Å². The van der Waals surface area contributed by atoms with Gasteiger partial charge in [0.25, 0.3) is 0 Å². The largest absolute Gasteiger partial charge is 0.414 e. The molecule has 2 aromatic carbocycles. The molecular weight excluding hydrogens is 303 g/mol.